The molecule has 110 valence electrons. The normalized spacial score (nSPS) is 23.2. The largest absolute Gasteiger partial charge is 0.355 e. The van der Waals surface area contributed by atoms with Crippen LogP contribution in [0.5, 0.6) is 0 Å². The van der Waals surface area contributed by atoms with E-state index in [9.17, 15) is 4.79 Å². The number of aromatic nitrogens is 2. The number of allylic oxidation sites excluding steroid dienone is 2. The molecule has 1 aliphatic carbocycles. The zero-order valence-electron chi connectivity index (χ0n) is 12.9. The number of rotatable bonds is 5. The molecule has 5 nitrogen and oxygen atoms in total. The summed E-state index contributed by atoms with van der Waals surface area (Å²) in [5, 5.41) is 6.69. The van der Waals surface area contributed by atoms with E-state index in [1.807, 2.05) is 0 Å². The lowest BCUT2D eigenvalue weighted by Crippen LogP contribution is -2.28. The first-order valence-electron chi connectivity index (χ1n) is 7.04. The molecule has 1 aliphatic rings. The van der Waals surface area contributed by atoms with Gasteiger partial charge in [-0.1, -0.05) is 30.7 Å². The van der Waals surface area contributed by atoms with Crippen molar-refractivity contribution in [2.75, 3.05) is 6.54 Å². The van der Waals surface area contributed by atoms with E-state index >= 15 is 0 Å². The Morgan fingerprint density at radius 3 is 2.70 bits per heavy atom. The van der Waals surface area contributed by atoms with Crippen LogP contribution in [0.3, 0.4) is 0 Å². The predicted octanol–water partition coefficient (Wildman–Crippen LogP) is 2.28. The molecule has 0 aliphatic heterocycles. The molecule has 20 heavy (non-hydrogen) atoms. The first-order chi connectivity index (χ1) is 9.32. The first-order valence-corrected chi connectivity index (χ1v) is 7.04. The lowest BCUT2D eigenvalue weighted by atomic mass is 10.1. The van der Waals surface area contributed by atoms with Crippen molar-refractivity contribution in [3.63, 3.8) is 0 Å². The molecule has 2 rings (SSSR count). The van der Waals surface area contributed by atoms with Gasteiger partial charge < -0.3 is 9.84 Å². The minimum atomic E-state index is 0.0580. The fraction of sp³-hybridized carbons (Fsp3) is 0.667. The van der Waals surface area contributed by atoms with Crippen LogP contribution in [0.2, 0.25) is 0 Å². The molecule has 1 aromatic rings. The predicted molar refractivity (Wildman–Crippen MR) is 75.9 cm³/mol. The summed E-state index contributed by atoms with van der Waals surface area (Å²) in [4.78, 5) is 16.3. The van der Waals surface area contributed by atoms with Crippen molar-refractivity contribution in [2.24, 2.45) is 17.3 Å². The second-order valence-corrected chi connectivity index (χ2v) is 6.35. The van der Waals surface area contributed by atoms with Crippen molar-refractivity contribution in [1.82, 2.24) is 15.5 Å². The second-order valence-electron chi connectivity index (χ2n) is 6.35. The van der Waals surface area contributed by atoms with Crippen molar-refractivity contribution >= 4 is 5.91 Å². The number of hydrogen-bond acceptors (Lipinski definition) is 4. The molecule has 5 heteroatoms. The number of nitrogens with one attached hydrogen (secondary N) is 1. The molecule has 1 amide bonds. The summed E-state index contributed by atoms with van der Waals surface area (Å²) in [6.07, 6.45) is 2.78. The molecule has 1 aromatic heterocycles. The molecule has 1 saturated carbocycles. The van der Waals surface area contributed by atoms with Gasteiger partial charge in [0, 0.05) is 13.0 Å². The number of carbonyl (C=O) groups excluding carboxylic acids is 1. The molecule has 0 spiro atoms. The van der Waals surface area contributed by atoms with Crippen LogP contribution in [0.25, 0.3) is 0 Å². The highest BCUT2D eigenvalue weighted by Crippen LogP contribution is 2.59. The summed E-state index contributed by atoms with van der Waals surface area (Å²) in [6.45, 7) is 10.7. The zero-order chi connectivity index (χ0) is 14.9. The molecule has 0 saturated heterocycles. The maximum absolute atomic E-state index is 12.2. The van der Waals surface area contributed by atoms with Crippen molar-refractivity contribution < 1.29 is 9.32 Å². The van der Waals surface area contributed by atoms with E-state index in [0.717, 1.165) is 0 Å². The molecule has 0 unspecified atom stereocenters. The SMILES string of the molecule is CC(C)=C[C@@H]1[C@@H](C(=O)NCCc2nc(C)no2)C1(C)C. The Morgan fingerprint density at radius 1 is 1.45 bits per heavy atom. The molecule has 1 N–H and O–H groups in total. The average molecular weight is 277 g/mol. The van der Waals surface area contributed by atoms with Gasteiger partial charge in [0.2, 0.25) is 11.8 Å². The zero-order valence-corrected chi connectivity index (χ0v) is 12.9. The van der Waals surface area contributed by atoms with E-state index in [-0.39, 0.29) is 17.2 Å². The summed E-state index contributed by atoms with van der Waals surface area (Å²) in [7, 11) is 0. The summed E-state index contributed by atoms with van der Waals surface area (Å²) < 4.78 is 5.01. The van der Waals surface area contributed by atoms with Crippen LogP contribution in [0, 0.1) is 24.2 Å². The van der Waals surface area contributed by atoms with Crippen molar-refractivity contribution in [3.8, 4) is 0 Å². The van der Waals surface area contributed by atoms with Gasteiger partial charge in [-0.2, -0.15) is 4.98 Å². The maximum atomic E-state index is 12.2. The van der Waals surface area contributed by atoms with Gasteiger partial charge in [0.15, 0.2) is 5.82 Å². The minimum Gasteiger partial charge on any atom is -0.355 e. The van der Waals surface area contributed by atoms with E-state index in [4.69, 9.17) is 4.52 Å². The van der Waals surface area contributed by atoms with Crippen LogP contribution in [0.15, 0.2) is 16.2 Å². The molecule has 2 atom stereocenters. The Balaban J connectivity index is 1.82. The van der Waals surface area contributed by atoms with Gasteiger partial charge in [-0.05, 0) is 32.1 Å². The number of amides is 1. The molecule has 1 heterocycles. The lowest BCUT2D eigenvalue weighted by molar-refractivity contribution is -0.123. The van der Waals surface area contributed by atoms with Crippen molar-refractivity contribution in [3.05, 3.63) is 23.4 Å². The van der Waals surface area contributed by atoms with Gasteiger partial charge in [0.1, 0.15) is 0 Å². The molecule has 0 radical (unpaired) electrons. The Morgan fingerprint density at radius 2 is 2.15 bits per heavy atom. The topological polar surface area (TPSA) is 68.0 Å². The van der Waals surface area contributed by atoms with Crippen LogP contribution in [-0.4, -0.2) is 22.6 Å². The van der Waals surface area contributed by atoms with Crippen LogP contribution in [0.1, 0.15) is 39.4 Å². The highest BCUT2D eigenvalue weighted by molar-refractivity contribution is 5.83. The van der Waals surface area contributed by atoms with Gasteiger partial charge in [0.05, 0.1) is 5.92 Å². The lowest BCUT2D eigenvalue weighted by Gasteiger charge is -2.04. The van der Waals surface area contributed by atoms with Gasteiger partial charge in [-0.15, -0.1) is 0 Å². The van der Waals surface area contributed by atoms with Gasteiger partial charge >= 0.3 is 0 Å². The first kappa shape index (κ1) is 14.8. The summed E-state index contributed by atoms with van der Waals surface area (Å²) >= 11 is 0. The second kappa shape index (κ2) is 5.38. The number of hydrogen-bond donors (Lipinski definition) is 1. The summed E-state index contributed by atoms with van der Waals surface area (Å²) in [6, 6.07) is 0. The highest BCUT2D eigenvalue weighted by atomic mass is 16.5. The summed E-state index contributed by atoms with van der Waals surface area (Å²) in [5.74, 6) is 1.73. The summed E-state index contributed by atoms with van der Waals surface area (Å²) in [5.41, 5.74) is 1.32. The molecule has 0 aromatic carbocycles. The third-order valence-corrected chi connectivity index (χ3v) is 3.91. The van der Waals surface area contributed by atoms with E-state index in [1.165, 1.54) is 5.57 Å². The van der Waals surface area contributed by atoms with E-state index < -0.39 is 0 Å². The van der Waals surface area contributed by atoms with E-state index in [1.54, 1.807) is 6.92 Å². The average Bonchev–Trinajstić information content (AvgIpc) is 2.68. The van der Waals surface area contributed by atoms with Gasteiger partial charge in [0.25, 0.3) is 0 Å². The monoisotopic (exact) mass is 277 g/mol. The van der Waals surface area contributed by atoms with E-state index in [0.29, 0.717) is 30.6 Å². The third-order valence-electron chi connectivity index (χ3n) is 3.91. The fourth-order valence-corrected chi connectivity index (χ4v) is 2.69. The number of aryl methyl sites for hydroxylation is 1. The van der Waals surface area contributed by atoms with Crippen molar-refractivity contribution in [1.29, 1.82) is 0 Å². The quantitative estimate of drug-likeness (QED) is 0.838. The molecular formula is C15H23N3O2. The minimum absolute atomic E-state index is 0.0580. The standard InChI is InChI=1S/C15H23N3O2/c1-9(2)8-11-13(15(11,4)5)14(19)16-7-6-12-17-10(3)18-20-12/h8,11,13H,6-7H2,1-5H3,(H,16,19)/t11-,13+/m1/s1. The van der Waals surface area contributed by atoms with Crippen molar-refractivity contribution in [2.45, 2.75) is 41.0 Å². The van der Waals surface area contributed by atoms with Gasteiger partial charge in [-0.3, -0.25) is 4.79 Å². The highest BCUT2D eigenvalue weighted by Gasteiger charge is 2.60. The van der Waals surface area contributed by atoms with Crippen LogP contribution < -0.4 is 5.32 Å². The molecular weight excluding hydrogens is 254 g/mol. The fourth-order valence-electron chi connectivity index (χ4n) is 2.69. The Kier molecular flexibility index (Phi) is 3.97. The Hall–Kier alpha value is -1.65. The molecule has 0 bridgehead atoms. The van der Waals surface area contributed by atoms with E-state index in [2.05, 4.69) is 49.2 Å². The Labute approximate surface area is 119 Å². The number of nitrogens with zero attached hydrogens (tertiary/aromatic N) is 2. The smallest absolute Gasteiger partial charge is 0.228 e. The molecule has 1 fully saturated rings. The van der Waals surface area contributed by atoms with Crippen LogP contribution >= 0.6 is 0 Å². The Bertz CT molecular complexity index is 527. The van der Waals surface area contributed by atoms with Crippen LogP contribution in [0.4, 0.5) is 0 Å². The third kappa shape index (κ3) is 3.08. The van der Waals surface area contributed by atoms with Crippen LogP contribution in [-0.2, 0) is 11.2 Å². The maximum Gasteiger partial charge on any atom is 0.228 e. The van der Waals surface area contributed by atoms with Gasteiger partial charge in [-0.25, -0.2) is 0 Å². The number of carbonyl (C=O) groups is 1.